The maximum absolute atomic E-state index is 12.7. The van der Waals surface area contributed by atoms with Gasteiger partial charge in [-0.3, -0.25) is 0 Å². The van der Waals surface area contributed by atoms with Gasteiger partial charge in [-0.15, -0.1) is 0 Å². The lowest BCUT2D eigenvalue weighted by atomic mass is 10.1. The molecular formula is C12H13BrF3NS. The standard InChI is InChI=1S/C12H13BrF3NS/c13-11-2-1-9(7-10(11)12(14,15)16)17-8-3-5-18-6-4-8/h1-2,7-8,17H,3-6H2. The second-order valence-electron chi connectivity index (χ2n) is 4.22. The Morgan fingerprint density at radius 1 is 1.22 bits per heavy atom. The number of nitrogens with one attached hydrogen (secondary N) is 1. The molecule has 1 aliphatic rings. The van der Waals surface area contributed by atoms with Crippen LogP contribution in [-0.4, -0.2) is 17.5 Å². The molecule has 0 aliphatic carbocycles. The molecule has 0 aromatic heterocycles. The zero-order valence-electron chi connectivity index (χ0n) is 9.56. The van der Waals surface area contributed by atoms with Crippen LogP contribution >= 0.6 is 27.7 Å². The van der Waals surface area contributed by atoms with Gasteiger partial charge in [-0.25, -0.2) is 0 Å². The minimum atomic E-state index is -4.32. The van der Waals surface area contributed by atoms with Crippen LogP contribution in [0.4, 0.5) is 18.9 Å². The van der Waals surface area contributed by atoms with Crippen molar-refractivity contribution < 1.29 is 13.2 Å². The average molecular weight is 340 g/mol. The third-order valence-corrected chi connectivity index (χ3v) is 4.60. The van der Waals surface area contributed by atoms with Crippen molar-refractivity contribution in [2.24, 2.45) is 0 Å². The Kier molecular flexibility index (Phi) is 4.48. The number of hydrogen-bond donors (Lipinski definition) is 1. The Balaban J connectivity index is 2.14. The molecule has 18 heavy (non-hydrogen) atoms. The summed E-state index contributed by atoms with van der Waals surface area (Å²) in [5.41, 5.74) is -0.0832. The van der Waals surface area contributed by atoms with Gasteiger partial charge >= 0.3 is 6.18 Å². The van der Waals surface area contributed by atoms with Gasteiger partial charge in [0, 0.05) is 16.2 Å². The van der Waals surface area contributed by atoms with Crippen molar-refractivity contribution in [3.05, 3.63) is 28.2 Å². The summed E-state index contributed by atoms with van der Waals surface area (Å²) >= 11 is 4.83. The molecule has 100 valence electrons. The predicted octanol–water partition coefficient (Wildman–Crippen LogP) is 4.78. The van der Waals surface area contributed by atoms with Gasteiger partial charge in [0.05, 0.1) is 5.56 Å². The van der Waals surface area contributed by atoms with Crippen molar-refractivity contribution in [2.75, 3.05) is 16.8 Å². The summed E-state index contributed by atoms with van der Waals surface area (Å²) in [5, 5.41) is 3.19. The number of benzene rings is 1. The van der Waals surface area contributed by atoms with E-state index in [1.807, 2.05) is 11.8 Å². The van der Waals surface area contributed by atoms with E-state index in [9.17, 15) is 13.2 Å². The quantitative estimate of drug-likeness (QED) is 0.832. The fourth-order valence-corrected chi connectivity index (χ4v) is 3.49. The van der Waals surface area contributed by atoms with Crippen molar-refractivity contribution in [1.29, 1.82) is 0 Å². The number of alkyl halides is 3. The molecule has 0 unspecified atom stereocenters. The van der Waals surface area contributed by atoms with Crippen LogP contribution in [0.25, 0.3) is 0 Å². The van der Waals surface area contributed by atoms with E-state index in [1.165, 1.54) is 12.1 Å². The van der Waals surface area contributed by atoms with Gasteiger partial charge in [0.1, 0.15) is 0 Å². The molecule has 1 saturated heterocycles. The van der Waals surface area contributed by atoms with E-state index in [4.69, 9.17) is 0 Å². The first-order valence-corrected chi connectivity index (χ1v) is 7.62. The van der Waals surface area contributed by atoms with E-state index < -0.39 is 11.7 Å². The van der Waals surface area contributed by atoms with E-state index in [1.54, 1.807) is 6.07 Å². The third-order valence-electron chi connectivity index (χ3n) is 2.86. The minimum absolute atomic E-state index is 0.0831. The minimum Gasteiger partial charge on any atom is -0.382 e. The lowest BCUT2D eigenvalue weighted by Crippen LogP contribution is -2.24. The molecule has 0 radical (unpaired) electrons. The third kappa shape index (κ3) is 3.57. The predicted molar refractivity (Wildman–Crippen MR) is 73.1 cm³/mol. The Morgan fingerprint density at radius 2 is 1.89 bits per heavy atom. The molecule has 0 atom stereocenters. The highest BCUT2D eigenvalue weighted by molar-refractivity contribution is 9.10. The van der Waals surface area contributed by atoms with Gasteiger partial charge in [-0.2, -0.15) is 24.9 Å². The molecule has 1 fully saturated rings. The van der Waals surface area contributed by atoms with E-state index in [0.29, 0.717) is 5.69 Å². The molecule has 6 heteroatoms. The zero-order valence-corrected chi connectivity index (χ0v) is 12.0. The Morgan fingerprint density at radius 3 is 2.50 bits per heavy atom. The monoisotopic (exact) mass is 339 g/mol. The summed E-state index contributed by atoms with van der Waals surface area (Å²) in [6, 6.07) is 4.59. The van der Waals surface area contributed by atoms with Gasteiger partial charge in [-0.1, -0.05) is 15.9 Å². The molecular weight excluding hydrogens is 327 g/mol. The Bertz CT molecular complexity index is 416. The van der Waals surface area contributed by atoms with Crippen LogP contribution in [-0.2, 0) is 6.18 Å². The van der Waals surface area contributed by atoms with Crippen LogP contribution in [0.2, 0.25) is 0 Å². The van der Waals surface area contributed by atoms with Crippen molar-refractivity contribution >= 4 is 33.4 Å². The van der Waals surface area contributed by atoms with Gasteiger partial charge in [0.2, 0.25) is 0 Å². The van der Waals surface area contributed by atoms with E-state index in [-0.39, 0.29) is 10.5 Å². The first-order chi connectivity index (χ1) is 8.47. The number of halogens is 4. The highest BCUT2D eigenvalue weighted by Crippen LogP contribution is 2.36. The molecule has 1 N–H and O–H groups in total. The van der Waals surface area contributed by atoms with Crippen LogP contribution in [0.5, 0.6) is 0 Å². The largest absolute Gasteiger partial charge is 0.417 e. The molecule has 0 amide bonds. The normalized spacial score (nSPS) is 17.8. The molecule has 2 rings (SSSR count). The second-order valence-corrected chi connectivity index (χ2v) is 6.30. The van der Waals surface area contributed by atoms with Crippen molar-refractivity contribution in [3.8, 4) is 0 Å². The Labute approximate surface area is 117 Å². The fraction of sp³-hybridized carbons (Fsp3) is 0.500. The van der Waals surface area contributed by atoms with E-state index in [2.05, 4.69) is 21.2 Å². The van der Waals surface area contributed by atoms with E-state index in [0.717, 1.165) is 24.3 Å². The molecule has 1 heterocycles. The molecule has 0 saturated carbocycles. The maximum Gasteiger partial charge on any atom is 0.417 e. The topological polar surface area (TPSA) is 12.0 Å². The van der Waals surface area contributed by atoms with Crippen molar-refractivity contribution in [1.82, 2.24) is 0 Å². The first-order valence-electron chi connectivity index (χ1n) is 5.68. The highest BCUT2D eigenvalue weighted by Gasteiger charge is 2.33. The molecule has 1 aromatic carbocycles. The van der Waals surface area contributed by atoms with Crippen LogP contribution in [0.1, 0.15) is 18.4 Å². The van der Waals surface area contributed by atoms with Gasteiger partial charge < -0.3 is 5.32 Å². The number of rotatable bonds is 2. The van der Waals surface area contributed by atoms with Crippen molar-refractivity contribution in [2.45, 2.75) is 25.1 Å². The van der Waals surface area contributed by atoms with Crippen LogP contribution in [0, 0.1) is 0 Å². The summed E-state index contributed by atoms with van der Waals surface area (Å²) in [6.07, 6.45) is -2.32. The van der Waals surface area contributed by atoms with Crippen LogP contribution in [0.3, 0.4) is 0 Å². The van der Waals surface area contributed by atoms with E-state index >= 15 is 0 Å². The van der Waals surface area contributed by atoms with Crippen LogP contribution in [0.15, 0.2) is 22.7 Å². The summed E-state index contributed by atoms with van der Waals surface area (Å²) < 4.78 is 38.3. The molecule has 0 bridgehead atoms. The molecule has 1 aromatic rings. The summed E-state index contributed by atoms with van der Waals surface area (Å²) in [7, 11) is 0. The SMILES string of the molecule is FC(F)(F)c1cc(NC2CCSCC2)ccc1Br. The second kappa shape index (κ2) is 5.74. The number of thioether (sulfide) groups is 1. The summed E-state index contributed by atoms with van der Waals surface area (Å²) in [6.45, 7) is 0. The summed E-state index contributed by atoms with van der Waals surface area (Å²) in [5.74, 6) is 2.14. The van der Waals surface area contributed by atoms with Crippen molar-refractivity contribution in [3.63, 3.8) is 0 Å². The molecule has 1 aliphatic heterocycles. The molecule has 0 spiro atoms. The number of anilines is 1. The maximum atomic E-state index is 12.7. The zero-order chi connectivity index (χ0) is 13.2. The lowest BCUT2D eigenvalue weighted by Gasteiger charge is -2.24. The fourth-order valence-electron chi connectivity index (χ4n) is 1.91. The molecule has 1 nitrogen and oxygen atoms in total. The number of hydrogen-bond acceptors (Lipinski definition) is 2. The first kappa shape index (κ1) is 14.1. The van der Waals surface area contributed by atoms with Crippen LogP contribution < -0.4 is 5.32 Å². The van der Waals surface area contributed by atoms with Gasteiger partial charge in [-0.05, 0) is 42.5 Å². The average Bonchev–Trinajstić information content (AvgIpc) is 2.31. The lowest BCUT2D eigenvalue weighted by molar-refractivity contribution is -0.138. The highest BCUT2D eigenvalue weighted by atomic mass is 79.9. The van der Waals surface area contributed by atoms with Gasteiger partial charge in [0.25, 0.3) is 0 Å². The van der Waals surface area contributed by atoms with Gasteiger partial charge in [0.15, 0.2) is 0 Å². The Hall–Kier alpha value is -0.360. The summed E-state index contributed by atoms with van der Waals surface area (Å²) in [4.78, 5) is 0. The smallest absolute Gasteiger partial charge is 0.382 e.